The van der Waals surface area contributed by atoms with Crippen LogP contribution in [0.25, 0.3) is 0 Å². The Morgan fingerprint density at radius 1 is 1.14 bits per heavy atom. The number of allylic oxidation sites excluding steroid dienone is 1. The zero-order valence-electron chi connectivity index (χ0n) is 13.7. The Kier molecular flexibility index (Phi) is 3.18. The summed E-state index contributed by atoms with van der Waals surface area (Å²) in [4.78, 5) is 0. The van der Waals surface area contributed by atoms with Gasteiger partial charge in [-0.15, -0.1) is 0 Å². The predicted molar refractivity (Wildman–Crippen MR) is 87.0 cm³/mol. The van der Waals surface area contributed by atoms with Crippen LogP contribution in [0.1, 0.15) is 46.0 Å². The summed E-state index contributed by atoms with van der Waals surface area (Å²) in [6, 6.07) is 0.285. The Labute approximate surface area is 133 Å². The summed E-state index contributed by atoms with van der Waals surface area (Å²) in [5.41, 5.74) is 7.88. The van der Waals surface area contributed by atoms with Gasteiger partial charge in [-0.2, -0.15) is 0 Å². The van der Waals surface area contributed by atoms with Gasteiger partial charge in [0.05, 0.1) is 12.2 Å². The van der Waals surface area contributed by atoms with Crippen LogP contribution in [0.3, 0.4) is 0 Å². The molecule has 0 radical (unpaired) electrons. The first kappa shape index (κ1) is 14.9. The number of fused-ring (bicyclic) bond motifs is 5. The predicted octanol–water partition coefficient (Wildman–Crippen LogP) is 2.38. The molecule has 0 aromatic rings. The first-order chi connectivity index (χ1) is 10.4. The Hall–Kier alpha value is -0.640. The highest BCUT2D eigenvalue weighted by Gasteiger charge is 2.59. The lowest BCUT2D eigenvalue weighted by molar-refractivity contribution is -0.0652. The molecule has 0 bridgehead atoms. The average Bonchev–Trinajstić information content (AvgIpc) is 2.77. The molecule has 0 aromatic carbocycles. The number of hydrogen-bond acceptors (Lipinski definition) is 3. The van der Waals surface area contributed by atoms with Crippen LogP contribution in [0.4, 0.5) is 0 Å². The van der Waals surface area contributed by atoms with Gasteiger partial charge < -0.3 is 15.9 Å². The van der Waals surface area contributed by atoms with Crippen LogP contribution in [0.2, 0.25) is 0 Å². The van der Waals surface area contributed by atoms with E-state index in [1.807, 2.05) is 6.08 Å². The van der Waals surface area contributed by atoms with Crippen molar-refractivity contribution in [3.05, 3.63) is 23.8 Å². The standard InChI is InChI=1S/C19H29NO2/c1-18-7-5-12(21)9-11(18)10-15(22)17-13-3-4-16(20)19(13,2)8-6-14(17)18/h5,7,10,12-17,21-22H,3-4,6,8-9,20H2,1-2H3/t12-,13-,14-,15-,16-,17-,18-,19-/m0/s1. The zero-order valence-corrected chi connectivity index (χ0v) is 13.7. The molecule has 22 heavy (non-hydrogen) atoms. The molecule has 3 nitrogen and oxygen atoms in total. The minimum absolute atomic E-state index is 0.0111. The van der Waals surface area contributed by atoms with Gasteiger partial charge in [0.1, 0.15) is 0 Å². The number of rotatable bonds is 0. The van der Waals surface area contributed by atoms with Gasteiger partial charge in [0.15, 0.2) is 0 Å². The maximum Gasteiger partial charge on any atom is 0.0758 e. The molecule has 0 amide bonds. The Morgan fingerprint density at radius 3 is 2.68 bits per heavy atom. The molecule has 8 atom stereocenters. The zero-order chi connectivity index (χ0) is 15.7. The molecule has 0 spiro atoms. The van der Waals surface area contributed by atoms with Crippen LogP contribution in [0.5, 0.6) is 0 Å². The third kappa shape index (κ3) is 1.79. The molecule has 0 aliphatic heterocycles. The molecule has 122 valence electrons. The van der Waals surface area contributed by atoms with Crippen molar-refractivity contribution in [2.75, 3.05) is 0 Å². The van der Waals surface area contributed by atoms with Gasteiger partial charge in [-0.05, 0) is 55.3 Å². The fraction of sp³-hybridized carbons (Fsp3) is 0.789. The molecule has 0 saturated heterocycles. The first-order valence-electron chi connectivity index (χ1n) is 8.88. The number of aliphatic hydroxyl groups is 2. The number of hydrogen-bond donors (Lipinski definition) is 3. The van der Waals surface area contributed by atoms with Crippen LogP contribution in [-0.2, 0) is 0 Å². The summed E-state index contributed by atoms with van der Waals surface area (Å²) in [6.07, 6.45) is 10.7. The summed E-state index contributed by atoms with van der Waals surface area (Å²) < 4.78 is 0. The lowest BCUT2D eigenvalue weighted by Crippen LogP contribution is -2.55. The van der Waals surface area contributed by atoms with Crippen LogP contribution in [-0.4, -0.2) is 28.5 Å². The number of nitrogens with two attached hydrogens (primary N) is 1. The second-order valence-corrected chi connectivity index (χ2v) is 8.61. The van der Waals surface area contributed by atoms with Gasteiger partial charge in [-0.1, -0.05) is 37.6 Å². The van der Waals surface area contributed by atoms with Gasteiger partial charge in [0, 0.05) is 11.5 Å². The Bertz CT molecular complexity index is 542. The summed E-state index contributed by atoms with van der Waals surface area (Å²) in [6.45, 7) is 4.66. The van der Waals surface area contributed by atoms with E-state index in [2.05, 4.69) is 26.0 Å². The minimum Gasteiger partial charge on any atom is -0.389 e. The van der Waals surface area contributed by atoms with Gasteiger partial charge in [0.25, 0.3) is 0 Å². The fourth-order valence-corrected chi connectivity index (χ4v) is 6.27. The van der Waals surface area contributed by atoms with Gasteiger partial charge >= 0.3 is 0 Å². The second-order valence-electron chi connectivity index (χ2n) is 8.61. The highest BCUT2D eigenvalue weighted by molar-refractivity contribution is 5.34. The summed E-state index contributed by atoms with van der Waals surface area (Å²) in [7, 11) is 0. The quantitative estimate of drug-likeness (QED) is 0.602. The molecule has 4 rings (SSSR count). The highest BCUT2D eigenvalue weighted by atomic mass is 16.3. The lowest BCUT2D eigenvalue weighted by atomic mass is 9.48. The van der Waals surface area contributed by atoms with E-state index >= 15 is 0 Å². The Balaban J connectivity index is 1.76. The molecular weight excluding hydrogens is 274 g/mol. The van der Waals surface area contributed by atoms with Gasteiger partial charge in [0.2, 0.25) is 0 Å². The smallest absolute Gasteiger partial charge is 0.0758 e. The van der Waals surface area contributed by atoms with Crippen molar-refractivity contribution >= 4 is 0 Å². The van der Waals surface area contributed by atoms with Gasteiger partial charge in [-0.25, -0.2) is 0 Å². The summed E-state index contributed by atoms with van der Waals surface area (Å²) in [5, 5.41) is 20.8. The van der Waals surface area contributed by atoms with E-state index in [1.165, 1.54) is 12.0 Å². The SMILES string of the molecule is C[C@]12CC[C@H]3[C@@H]([C@@H](O)C=C4C[C@@H](O)C=C[C@@]43C)[C@@H]1CC[C@@H]2N. The molecule has 0 unspecified atom stereocenters. The molecule has 4 aliphatic carbocycles. The van der Waals surface area contributed by atoms with Crippen LogP contribution in [0.15, 0.2) is 23.8 Å². The minimum atomic E-state index is -0.392. The third-order valence-corrected chi connectivity index (χ3v) is 7.73. The number of aliphatic hydroxyl groups excluding tert-OH is 2. The topological polar surface area (TPSA) is 66.5 Å². The van der Waals surface area contributed by atoms with Crippen molar-refractivity contribution in [2.45, 2.75) is 64.2 Å². The van der Waals surface area contributed by atoms with E-state index in [4.69, 9.17) is 5.73 Å². The van der Waals surface area contributed by atoms with Gasteiger partial charge in [-0.3, -0.25) is 0 Å². The Morgan fingerprint density at radius 2 is 1.91 bits per heavy atom. The molecule has 4 N–H and O–H groups in total. The van der Waals surface area contributed by atoms with Crippen molar-refractivity contribution in [1.82, 2.24) is 0 Å². The van der Waals surface area contributed by atoms with Crippen molar-refractivity contribution in [3.63, 3.8) is 0 Å². The van der Waals surface area contributed by atoms with E-state index in [0.717, 1.165) is 19.3 Å². The molecular formula is C19H29NO2. The van der Waals surface area contributed by atoms with Crippen molar-refractivity contribution in [3.8, 4) is 0 Å². The van der Waals surface area contributed by atoms with Crippen LogP contribution >= 0.6 is 0 Å². The fourth-order valence-electron chi connectivity index (χ4n) is 6.27. The van der Waals surface area contributed by atoms with Crippen molar-refractivity contribution < 1.29 is 10.2 Å². The van der Waals surface area contributed by atoms with E-state index in [9.17, 15) is 10.2 Å². The first-order valence-corrected chi connectivity index (χ1v) is 8.88. The highest BCUT2D eigenvalue weighted by Crippen LogP contribution is 2.63. The van der Waals surface area contributed by atoms with E-state index in [0.29, 0.717) is 24.2 Å². The van der Waals surface area contributed by atoms with E-state index in [1.54, 1.807) is 0 Å². The van der Waals surface area contributed by atoms with Crippen LogP contribution < -0.4 is 5.73 Å². The molecule has 0 aromatic heterocycles. The monoisotopic (exact) mass is 303 g/mol. The normalized spacial score (nSPS) is 56.9. The molecule has 2 saturated carbocycles. The molecule has 3 heteroatoms. The van der Waals surface area contributed by atoms with E-state index in [-0.39, 0.29) is 23.0 Å². The van der Waals surface area contributed by atoms with E-state index < -0.39 is 6.10 Å². The average molecular weight is 303 g/mol. The maximum absolute atomic E-state index is 10.9. The summed E-state index contributed by atoms with van der Waals surface area (Å²) in [5.74, 6) is 1.33. The molecule has 0 heterocycles. The third-order valence-electron chi connectivity index (χ3n) is 7.73. The second kappa shape index (κ2) is 4.68. The van der Waals surface area contributed by atoms with Crippen molar-refractivity contribution in [1.29, 1.82) is 0 Å². The maximum atomic E-state index is 10.9. The van der Waals surface area contributed by atoms with Crippen LogP contribution in [0, 0.1) is 28.6 Å². The van der Waals surface area contributed by atoms with Crippen molar-refractivity contribution in [2.24, 2.45) is 34.3 Å². The lowest BCUT2D eigenvalue weighted by Gasteiger charge is -2.57. The molecule has 4 aliphatic rings. The largest absolute Gasteiger partial charge is 0.389 e. The molecule has 2 fully saturated rings. The summed E-state index contributed by atoms with van der Waals surface area (Å²) >= 11 is 0.